The van der Waals surface area contributed by atoms with Crippen LogP contribution in [0.1, 0.15) is 54.8 Å². The van der Waals surface area contributed by atoms with Gasteiger partial charge < -0.3 is 9.84 Å². The Balaban J connectivity index is 1.47. The number of nitrogens with zero attached hydrogens (tertiary/aromatic N) is 1. The van der Waals surface area contributed by atoms with Gasteiger partial charge in [-0.3, -0.25) is 4.79 Å². The molecule has 5 heteroatoms. The van der Waals surface area contributed by atoms with Crippen molar-refractivity contribution in [3.8, 4) is 0 Å². The lowest BCUT2D eigenvalue weighted by molar-refractivity contribution is 0.0840. The molecule has 1 amide bonds. The van der Waals surface area contributed by atoms with Gasteiger partial charge in [0.25, 0.3) is 5.91 Å². The summed E-state index contributed by atoms with van der Waals surface area (Å²) in [5, 5.41) is 7.24. The van der Waals surface area contributed by atoms with Gasteiger partial charge in [0.15, 0.2) is 0 Å². The molecule has 4 nitrogen and oxygen atoms in total. The maximum atomic E-state index is 12.8. The van der Waals surface area contributed by atoms with Gasteiger partial charge in [0.2, 0.25) is 5.76 Å². The summed E-state index contributed by atoms with van der Waals surface area (Å²) in [5.74, 6) is 1.80. The van der Waals surface area contributed by atoms with Crippen LogP contribution in [0, 0.1) is 18.8 Å². The summed E-state index contributed by atoms with van der Waals surface area (Å²) < 4.78 is 5.38. The fourth-order valence-corrected chi connectivity index (χ4v) is 5.27. The van der Waals surface area contributed by atoms with Gasteiger partial charge in [0.1, 0.15) is 0 Å². The molecule has 0 radical (unpaired) electrons. The number of fused-ring (bicyclic) bond motifs is 2. The van der Waals surface area contributed by atoms with E-state index in [0.29, 0.717) is 5.76 Å². The molecule has 132 valence electrons. The van der Waals surface area contributed by atoms with E-state index in [1.54, 1.807) is 0 Å². The van der Waals surface area contributed by atoms with Gasteiger partial charge in [-0.05, 0) is 50.2 Å². The van der Waals surface area contributed by atoms with E-state index in [4.69, 9.17) is 4.52 Å². The van der Waals surface area contributed by atoms with Gasteiger partial charge in [-0.1, -0.05) is 54.4 Å². The first kappa shape index (κ1) is 16.7. The van der Waals surface area contributed by atoms with Crippen LogP contribution in [-0.4, -0.2) is 17.1 Å². The lowest BCUT2D eigenvalue weighted by atomic mass is 9.70. The molecular weight excluding hydrogens is 332 g/mol. The van der Waals surface area contributed by atoms with E-state index in [0.717, 1.165) is 40.2 Å². The molecule has 0 aliphatic heterocycles. The van der Waals surface area contributed by atoms with Gasteiger partial charge >= 0.3 is 0 Å². The second-order valence-electron chi connectivity index (χ2n) is 7.38. The highest BCUT2D eigenvalue weighted by Crippen LogP contribution is 2.40. The average molecular weight is 356 g/mol. The molecule has 2 bridgehead atoms. The van der Waals surface area contributed by atoms with Gasteiger partial charge in [-0.25, -0.2) is 0 Å². The van der Waals surface area contributed by atoms with Crippen molar-refractivity contribution in [2.24, 2.45) is 11.8 Å². The molecule has 1 N–H and O–H groups in total. The Morgan fingerprint density at radius 3 is 2.60 bits per heavy atom. The Labute approximate surface area is 152 Å². The predicted molar refractivity (Wildman–Crippen MR) is 97.7 cm³/mol. The molecule has 1 aromatic carbocycles. The maximum absolute atomic E-state index is 12.8. The average Bonchev–Trinajstić information content (AvgIpc) is 2.96. The highest BCUT2D eigenvalue weighted by molar-refractivity contribution is 7.99. The lowest BCUT2D eigenvalue weighted by Gasteiger charge is -2.39. The SMILES string of the molecule is Cc1noc(C(=O)NC2CC3CCCC(C3)C2)c1Sc1ccccc1. The van der Waals surface area contributed by atoms with Crippen LogP contribution >= 0.6 is 11.8 Å². The number of hydrogen-bond acceptors (Lipinski definition) is 4. The zero-order valence-electron chi connectivity index (χ0n) is 14.5. The van der Waals surface area contributed by atoms with Gasteiger partial charge in [-0.15, -0.1) is 0 Å². The Morgan fingerprint density at radius 2 is 1.88 bits per heavy atom. The topological polar surface area (TPSA) is 55.1 Å². The van der Waals surface area contributed by atoms with Crippen LogP contribution in [0.3, 0.4) is 0 Å². The highest BCUT2D eigenvalue weighted by atomic mass is 32.2. The van der Waals surface area contributed by atoms with Gasteiger partial charge in [-0.2, -0.15) is 0 Å². The molecule has 1 aromatic heterocycles. The van der Waals surface area contributed by atoms with Crippen LogP contribution in [0.25, 0.3) is 0 Å². The van der Waals surface area contributed by atoms with Crippen molar-refractivity contribution in [2.75, 3.05) is 0 Å². The quantitative estimate of drug-likeness (QED) is 0.852. The molecule has 2 aliphatic carbocycles. The summed E-state index contributed by atoms with van der Waals surface area (Å²) in [5.41, 5.74) is 0.763. The number of amides is 1. The van der Waals surface area contributed by atoms with Crippen LogP contribution < -0.4 is 5.32 Å². The van der Waals surface area contributed by atoms with Crippen molar-refractivity contribution in [1.82, 2.24) is 10.5 Å². The summed E-state index contributed by atoms with van der Waals surface area (Å²) in [6.45, 7) is 1.89. The molecule has 2 atom stereocenters. The van der Waals surface area contributed by atoms with E-state index in [1.807, 2.05) is 37.3 Å². The number of benzene rings is 1. The van der Waals surface area contributed by atoms with Gasteiger partial charge in [0.05, 0.1) is 10.6 Å². The largest absolute Gasteiger partial charge is 0.350 e. The number of aromatic nitrogens is 1. The molecule has 2 aliphatic rings. The van der Waals surface area contributed by atoms with Gasteiger partial charge in [0, 0.05) is 10.9 Å². The number of hydrogen-bond donors (Lipinski definition) is 1. The van der Waals surface area contributed by atoms with Crippen LogP contribution in [0.5, 0.6) is 0 Å². The van der Waals surface area contributed by atoms with E-state index in [-0.39, 0.29) is 11.9 Å². The number of carbonyl (C=O) groups is 1. The zero-order chi connectivity index (χ0) is 17.2. The Hall–Kier alpha value is -1.75. The van der Waals surface area contributed by atoms with E-state index < -0.39 is 0 Å². The van der Waals surface area contributed by atoms with E-state index >= 15 is 0 Å². The van der Waals surface area contributed by atoms with Crippen molar-refractivity contribution < 1.29 is 9.32 Å². The zero-order valence-corrected chi connectivity index (χ0v) is 15.3. The second kappa shape index (κ2) is 7.24. The summed E-state index contributed by atoms with van der Waals surface area (Å²) in [6.07, 6.45) is 7.56. The van der Waals surface area contributed by atoms with Crippen LogP contribution in [0.2, 0.25) is 0 Å². The smallest absolute Gasteiger partial charge is 0.291 e. The lowest BCUT2D eigenvalue weighted by Crippen LogP contribution is -2.42. The molecule has 2 unspecified atom stereocenters. The Morgan fingerprint density at radius 1 is 1.16 bits per heavy atom. The molecule has 2 fully saturated rings. The van der Waals surface area contributed by atoms with E-state index in [2.05, 4.69) is 10.5 Å². The normalized spacial score (nSPS) is 25.6. The third kappa shape index (κ3) is 3.76. The van der Waals surface area contributed by atoms with Crippen molar-refractivity contribution in [2.45, 2.75) is 61.3 Å². The summed E-state index contributed by atoms with van der Waals surface area (Å²) in [7, 11) is 0. The molecule has 4 rings (SSSR count). The van der Waals surface area contributed by atoms with Crippen molar-refractivity contribution >= 4 is 17.7 Å². The van der Waals surface area contributed by atoms with Crippen molar-refractivity contribution in [3.05, 3.63) is 41.8 Å². The number of rotatable bonds is 4. The van der Waals surface area contributed by atoms with E-state index in [9.17, 15) is 4.79 Å². The minimum absolute atomic E-state index is 0.121. The predicted octanol–water partition coefficient (Wildman–Crippen LogP) is 4.83. The first-order valence-electron chi connectivity index (χ1n) is 9.19. The molecule has 2 aromatic rings. The molecule has 0 spiro atoms. The number of nitrogens with one attached hydrogen (secondary N) is 1. The van der Waals surface area contributed by atoms with Crippen molar-refractivity contribution in [1.29, 1.82) is 0 Å². The number of aryl methyl sites for hydroxylation is 1. The summed E-state index contributed by atoms with van der Waals surface area (Å²) in [4.78, 5) is 14.7. The van der Waals surface area contributed by atoms with Crippen molar-refractivity contribution in [3.63, 3.8) is 0 Å². The molecule has 1 heterocycles. The first-order valence-corrected chi connectivity index (χ1v) is 10.0. The second-order valence-corrected chi connectivity index (χ2v) is 8.47. The monoisotopic (exact) mass is 356 g/mol. The minimum atomic E-state index is -0.121. The van der Waals surface area contributed by atoms with Crippen LogP contribution in [-0.2, 0) is 0 Å². The minimum Gasteiger partial charge on any atom is -0.350 e. The molecule has 25 heavy (non-hydrogen) atoms. The Kier molecular flexibility index (Phi) is 4.84. The highest BCUT2D eigenvalue weighted by Gasteiger charge is 2.33. The first-order chi connectivity index (χ1) is 12.2. The summed E-state index contributed by atoms with van der Waals surface area (Å²) in [6, 6.07) is 10.3. The number of carbonyl (C=O) groups excluding carboxylic acids is 1. The molecular formula is C20H24N2O2S. The fraction of sp³-hybridized carbons (Fsp3) is 0.500. The summed E-state index contributed by atoms with van der Waals surface area (Å²) >= 11 is 1.54. The molecule has 0 saturated heterocycles. The third-order valence-electron chi connectivity index (χ3n) is 5.44. The molecule has 2 saturated carbocycles. The van der Waals surface area contributed by atoms with Crippen LogP contribution in [0.15, 0.2) is 44.6 Å². The Bertz CT molecular complexity index is 731. The third-order valence-corrected chi connectivity index (χ3v) is 6.63. The van der Waals surface area contributed by atoms with E-state index in [1.165, 1.54) is 37.4 Å². The maximum Gasteiger partial charge on any atom is 0.291 e. The van der Waals surface area contributed by atoms with Crippen LogP contribution in [0.4, 0.5) is 0 Å². The standard InChI is InChI=1S/C20H24N2O2S/c1-13-19(25-17-8-3-2-4-9-17)18(24-22-13)20(23)21-16-11-14-6-5-7-15(10-14)12-16/h2-4,8-9,14-16H,5-7,10-12H2,1H3,(H,21,23). The fourth-order valence-electron chi connectivity index (χ4n) is 4.33.